The summed E-state index contributed by atoms with van der Waals surface area (Å²) in [7, 11) is 0. The van der Waals surface area contributed by atoms with E-state index in [-0.39, 0.29) is 17.9 Å². The third-order valence-electron chi connectivity index (χ3n) is 6.50. The van der Waals surface area contributed by atoms with Crippen LogP contribution in [0.1, 0.15) is 50.2 Å². The van der Waals surface area contributed by atoms with Crippen molar-refractivity contribution >= 4 is 23.2 Å². The molecule has 0 bridgehead atoms. The molecule has 1 N–H and O–H groups in total. The van der Waals surface area contributed by atoms with E-state index in [1.165, 1.54) is 0 Å². The topological polar surface area (TPSA) is 58.6 Å². The van der Waals surface area contributed by atoms with Gasteiger partial charge in [-0.05, 0) is 85.8 Å². The quantitative estimate of drug-likeness (QED) is 0.297. The molecule has 37 heavy (non-hydrogen) atoms. The van der Waals surface area contributed by atoms with Gasteiger partial charge in [-0.15, -0.1) is 0 Å². The maximum Gasteiger partial charge on any atom is 0.262 e. The number of benzene rings is 4. The fraction of sp³-hybridized carbons (Fsp3) is 0.188. The van der Waals surface area contributed by atoms with Crippen molar-refractivity contribution in [3.63, 3.8) is 0 Å². The predicted molar refractivity (Wildman–Crippen MR) is 147 cm³/mol. The minimum absolute atomic E-state index is 0.111. The number of amides is 2. The van der Waals surface area contributed by atoms with Gasteiger partial charge in [0.2, 0.25) is 0 Å². The Bertz CT molecular complexity index is 1410. The summed E-state index contributed by atoms with van der Waals surface area (Å²) in [6, 6.07) is 30.8. The van der Waals surface area contributed by atoms with Crippen molar-refractivity contribution in [3.05, 3.63) is 125 Å². The number of para-hydroxylation sites is 1. The third kappa shape index (κ3) is 5.72. The standard InChI is InChI=1S/C32H30N2O3/c1-22-13-14-25(31(35)33-27-16-17-27)20-29(22)34(28-11-7-4-8-12-28)32(36)26-15-18-30(23(2)19-26)37-21-24-9-5-3-6-10-24/h3-15,18-20,27H,16-17,21H2,1-2H3,(H,33,35). The van der Waals surface area contributed by atoms with Crippen molar-refractivity contribution in [1.82, 2.24) is 5.32 Å². The number of aryl methyl sites for hydroxylation is 2. The average molecular weight is 491 g/mol. The molecule has 5 nitrogen and oxygen atoms in total. The van der Waals surface area contributed by atoms with Crippen molar-refractivity contribution in [3.8, 4) is 5.75 Å². The summed E-state index contributed by atoms with van der Waals surface area (Å²) in [4.78, 5) is 28.5. The number of ether oxygens (including phenoxy) is 1. The Balaban J connectivity index is 1.45. The molecule has 1 aliphatic carbocycles. The number of carbonyl (C=O) groups excluding carboxylic acids is 2. The van der Waals surface area contributed by atoms with Crippen molar-refractivity contribution in [2.75, 3.05) is 4.90 Å². The highest BCUT2D eigenvalue weighted by molar-refractivity contribution is 6.12. The molecule has 0 saturated heterocycles. The van der Waals surface area contributed by atoms with Gasteiger partial charge in [0.1, 0.15) is 12.4 Å². The summed E-state index contributed by atoms with van der Waals surface area (Å²) in [5, 5.41) is 3.04. The summed E-state index contributed by atoms with van der Waals surface area (Å²) in [6.07, 6.45) is 2.03. The van der Waals surface area contributed by atoms with Gasteiger partial charge >= 0.3 is 0 Å². The molecule has 1 fully saturated rings. The minimum Gasteiger partial charge on any atom is -0.489 e. The molecule has 5 heteroatoms. The number of carbonyl (C=O) groups is 2. The predicted octanol–water partition coefficient (Wildman–Crippen LogP) is 6.75. The molecule has 4 aromatic rings. The van der Waals surface area contributed by atoms with E-state index in [2.05, 4.69) is 5.32 Å². The van der Waals surface area contributed by atoms with E-state index in [1.54, 1.807) is 11.0 Å². The molecule has 0 spiro atoms. The molecule has 186 valence electrons. The summed E-state index contributed by atoms with van der Waals surface area (Å²) < 4.78 is 6.02. The number of nitrogens with one attached hydrogen (secondary N) is 1. The lowest BCUT2D eigenvalue weighted by Gasteiger charge is -2.26. The average Bonchev–Trinajstić information content (AvgIpc) is 3.74. The molecule has 0 heterocycles. The molecule has 1 aliphatic rings. The van der Waals surface area contributed by atoms with Crippen LogP contribution in [0.25, 0.3) is 0 Å². The van der Waals surface area contributed by atoms with Crippen LogP contribution in [-0.4, -0.2) is 17.9 Å². The monoisotopic (exact) mass is 490 g/mol. The molecule has 0 aliphatic heterocycles. The van der Waals surface area contributed by atoms with Gasteiger partial charge in [0, 0.05) is 22.9 Å². The first-order valence-electron chi connectivity index (χ1n) is 12.6. The third-order valence-corrected chi connectivity index (χ3v) is 6.50. The molecule has 0 unspecified atom stereocenters. The molecular weight excluding hydrogens is 460 g/mol. The Kier molecular flexibility index (Phi) is 7.04. The van der Waals surface area contributed by atoms with E-state index in [0.717, 1.165) is 41.0 Å². The van der Waals surface area contributed by atoms with Crippen LogP contribution in [0.3, 0.4) is 0 Å². The van der Waals surface area contributed by atoms with Crippen LogP contribution in [0.4, 0.5) is 11.4 Å². The van der Waals surface area contributed by atoms with Crippen molar-refractivity contribution < 1.29 is 14.3 Å². The Morgan fingerprint density at radius 2 is 1.49 bits per heavy atom. The smallest absolute Gasteiger partial charge is 0.262 e. The van der Waals surface area contributed by atoms with Crippen LogP contribution in [0.15, 0.2) is 97.1 Å². The lowest BCUT2D eigenvalue weighted by Crippen LogP contribution is -2.28. The van der Waals surface area contributed by atoms with Gasteiger partial charge in [0.05, 0.1) is 5.69 Å². The molecule has 1 saturated carbocycles. The minimum atomic E-state index is -0.174. The second-order valence-corrected chi connectivity index (χ2v) is 9.48. The van der Waals surface area contributed by atoms with Crippen molar-refractivity contribution in [2.45, 2.75) is 39.3 Å². The van der Waals surface area contributed by atoms with Crippen LogP contribution in [0.5, 0.6) is 5.75 Å². The highest BCUT2D eigenvalue weighted by atomic mass is 16.5. The zero-order chi connectivity index (χ0) is 25.8. The van der Waals surface area contributed by atoms with Gasteiger partial charge in [0.15, 0.2) is 0 Å². The van der Waals surface area contributed by atoms with E-state index in [0.29, 0.717) is 23.4 Å². The fourth-order valence-electron chi connectivity index (χ4n) is 4.24. The van der Waals surface area contributed by atoms with Crippen LogP contribution >= 0.6 is 0 Å². The second kappa shape index (κ2) is 10.7. The summed E-state index contributed by atoms with van der Waals surface area (Å²) >= 11 is 0. The normalized spacial score (nSPS) is 12.6. The Morgan fingerprint density at radius 1 is 0.811 bits per heavy atom. The maximum absolute atomic E-state index is 14.0. The zero-order valence-corrected chi connectivity index (χ0v) is 21.1. The summed E-state index contributed by atoms with van der Waals surface area (Å²) in [6.45, 7) is 4.35. The van der Waals surface area contributed by atoms with Crippen molar-refractivity contribution in [1.29, 1.82) is 0 Å². The highest BCUT2D eigenvalue weighted by Crippen LogP contribution is 2.32. The number of nitrogens with zero attached hydrogens (tertiary/aromatic N) is 1. The molecule has 4 aromatic carbocycles. The van der Waals surface area contributed by atoms with E-state index in [1.807, 2.05) is 105 Å². The van der Waals surface area contributed by atoms with Crippen LogP contribution < -0.4 is 15.0 Å². The Labute approximate surface area is 217 Å². The first-order valence-corrected chi connectivity index (χ1v) is 12.6. The first-order chi connectivity index (χ1) is 18.0. The highest BCUT2D eigenvalue weighted by Gasteiger charge is 2.26. The second-order valence-electron chi connectivity index (χ2n) is 9.48. The van der Waals surface area contributed by atoms with Gasteiger partial charge in [-0.3, -0.25) is 14.5 Å². The SMILES string of the molecule is Cc1cc(C(=O)N(c2ccccc2)c2cc(C(=O)NC3CC3)ccc2C)ccc1OCc1ccccc1. The molecule has 5 rings (SSSR count). The van der Waals surface area contributed by atoms with Gasteiger partial charge in [-0.25, -0.2) is 0 Å². The van der Waals surface area contributed by atoms with Gasteiger partial charge < -0.3 is 10.1 Å². The van der Waals surface area contributed by atoms with Gasteiger partial charge in [-0.1, -0.05) is 54.6 Å². The largest absolute Gasteiger partial charge is 0.489 e. The van der Waals surface area contributed by atoms with E-state index in [9.17, 15) is 9.59 Å². The molecule has 0 aromatic heterocycles. The zero-order valence-electron chi connectivity index (χ0n) is 21.1. The number of hydrogen-bond donors (Lipinski definition) is 1. The summed E-state index contributed by atoms with van der Waals surface area (Å²) in [5.74, 6) is 0.452. The Morgan fingerprint density at radius 3 is 2.16 bits per heavy atom. The van der Waals surface area contributed by atoms with Gasteiger partial charge in [0.25, 0.3) is 11.8 Å². The van der Waals surface area contributed by atoms with Crippen LogP contribution in [0, 0.1) is 13.8 Å². The van der Waals surface area contributed by atoms with Crippen molar-refractivity contribution in [2.24, 2.45) is 0 Å². The lowest BCUT2D eigenvalue weighted by molar-refractivity contribution is 0.0948. The number of anilines is 2. The van der Waals surface area contributed by atoms with E-state index >= 15 is 0 Å². The van der Waals surface area contributed by atoms with E-state index < -0.39 is 0 Å². The van der Waals surface area contributed by atoms with Crippen LogP contribution in [-0.2, 0) is 6.61 Å². The maximum atomic E-state index is 14.0. The molecule has 0 radical (unpaired) electrons. The van der Waals surface area contributed by atoms with Crippen LogP contribution in [0.2, 0.25) is 0 Å². The molecule has 2 amide bonds. The molecular formula is C32H30N2O3. The number of rotatable bonds is 8. The lowest BCUT2D eigenvalue weighted by atomic mass is 10.0. The summed E-state index contributed by atoms with van der Waals surface area (Å²) in [5.41, 5.74) is 5.36. The Hall–Kier alpha value is -4.38. The fourth-order valence-corrected chi connectivity index (χ4v) is 4.24. The van der Waals surface area contributed by atoms with Gasteiger partial charge in [-0.2, -0.15) is 0 Å². The number of hydrogen-bond acceptors (Lipinski definition) is 3. The van der Waals surface area contributed by atoms with E-state index in [4.69, 9.17) is 4.74 Å². The first kappa shape index (κ1) is 24.3. The molecule has 0 atom stereocenters.